The van der Waals surface area contributed by atoms with Gasteiger partial charge in [0.25, 0.3) is 0 Å². The Hall–Kier alpha value is -1.93. The Kier molecular flexibility index (Phi) is 5.46. The smallest absolute Gasteiger partial charge is 0.203 e. The second-order valence-corrected chi connectivity index (χ2v) is 4.34. The molecule has 5 nitrogen and oxygen atoms in total. The molecule has 104 valence electrons. The van der Waals surface area contributed by atoms with Gasteiger partial charge in [0.2, 0.25) is 5.75 Å². The van der Waals surface area contributed by atoms with Gasteiger partial charge < -0.3 is 14.2 Å². The lowest BCUT2D eigenvalue weighted by Crippen LogP contribution is -2.27. The van der Waals surface area contributed by atoms with Crippen molar-refractivity contribution >= 4 is 0 Å². The van der Waals surface area contributed by atoms with Gasteiger partial charge in [0.05, 0.1) is 27.4 Å². The first-order valence-electron chi connectivity index (χ1n) is 6.02. The summed E-state index contributed by atoms with van der Waals surface area (Å²) in [6.45, 7) is 3.98. The van der Waals surface area contributed by atoms with E-state index in [1.54, 1.807) is 33.5 Å². The summed E-state index contributed by atoms with van der Waals surface area (Å²) >= 11 is 0. The third-order valence-electron chi connectivity index (χ3n) is 2.65. The van der Waals surface area contributed by atoms with Crippen molar-refractivity contribution < 1.29 is 14.2 Å². The minimum atomic E-state index is -0.422. The maximum Gasteiger partial charge on any atom is 0.203 e. The Labute approximate surface area is 114 Å². The standard InChI is InChI=1S/C14H20N2O3/c1-9(2)16-11(8-15)10-6-12(17-3)14(19-5)13(7-10)18-4/h6-7,9,11,16H,1-5H3. The largest absolute Gasteiger partial charge is 0.493 e. The zero-order chi connectivity index (χ0) is 14.4. The van der Waals surface area contributed by atoms with E-state index in [-0.39, 0.29) is 6.04 Å². The van der Waals surface area contributed by atoms with Gasteiger partial charge in [-0.1, -0.05) is 0 Å². The number of nitriles is 1. The fraction of sp³-hybridized carbons (Fsp3) is 0.500. The molecule has 19 heavy (non-hydrogen) atoms. The predicted molar refractivity (Wildman–Crippen MR) is 72.7 cm³/mol. The molecule has 0 aliphatic carbocycles. The zero-order valence-electron chi connectivity index (χ0n) is 12.0. The average Bonchev–Trinajstić information content (AvgIpc) is 2.42. The summed E-state index contributed by atoms with van der Waals surface area (Å²) < 4.78 is 15.8. The van der Waals surface area contributed by atoms with Crippen molar-refractivity contribution in [1.82, 2.24) is 5.32 Å². The van der Waals surface area contributed by atoms with Crippen LogP contribution in [0.5, 0.6) is 17.2 Å². The van der Waals surface area contributed by atoms with Gasteiger partial charge in [-0.15, -0.1) is 0 Å². The van der Waals surface area contributed by atoms with Crippen LogP contribution in [0.4, 0.5) is 0 Å². The van der Waals surface area contributed by atoms with Crippen molar-refractivity contribution in [2.45, 2.75) is 25.9 Å². The fourth-order valence-corrected chi connectivity index (χ4v) is 1.81. The molecule has 1 N–H and O–H groups in total. The summed E-state index contributed by atoms with van der Waals surface area (Å²) in [5, 5.41) is 12.4. The lowest BCUT2D eigenvalue weighted by atomic mass is 10.1. The average molecular weight is 264 g/mol. The van der Waals surface area contributed by atoms with Gasteiger partial charge in [0, 0.05) is 6.04 Å². The lowest BCUT2D eigenvalue weighted by molar-refractivity contribution is 0.323. The van der Waals surface area contributed by atoms with Gasteiger partial charge in [0.1, 0.15) is 6.04 Å². The monoisotopic (exact) mass is 264 g/mol. The van der Waals surface area contributed by atoms with Gasteiger partial charge in [0.15, 0.2) is 11.5 Å². The molecule has 0 radical (unpaired) electrons. The van der Waals surface area contributed by atoms with Crippen molar-refractivity contribution in [2.75, 3.05) is 21.3 Å². The second kappa shape index (κ2) is 6.86. The molecule has 0 aromatic heterocycles. The lowest BCUT2D eigenvalue weighted by Gasteiger charge is -2.18. The molecule has 0 aliphatic rings. The molecule has 1 aromatic rings. The summed E-state index contributed by atoms with van der Waals surface area (Å²) in [4.78, 5) is 0. The number of rotatable bonds is 6. The van der Waals surface area contributed by atoms with Crippen LogP contribution in [0.1, 0.15) is 25.5 Å². The first-order chi connectivity index (χ1) is 9.07. The Bertz CT molecular complexity index is 441. The SMILES string of the molecule is COc1cc(C(C#N)NC(C)C)cc(OC)c1OC. The van der Waals surface area contributed by atoms with E-state index >= 15 is 0 Å². The number of methoxy groups -OCH3 is 3. The van der Waals surface area contributed by atoms with Crippen molar-refractivity contribution in [3.8, 4) is 23.3 Å². The van der Waals surface area contributed by atoms with Crippen molar-refractivity contribution in [2.24, 2.45) is 0 Å². The van der Waals surface area contributed by atoms with Gasteiger partial charge in [-0.05, 0) is 31.5 Å². The van der Waals surface area contributed by atoms with E-state index in [2.05, 4.69) is 11.4 Å². The third-order valence-corrected chi connectivity index (χ3v) is 2.65. The predicted octanol–water partition coefficient (Wildman–Crippen LogP) is 2.28. The summed E-state index contributed by atoms with van der Waals surface area (Å²) in [6, 6.07) is 5.57. The van der Waals surface area contributed by atoms with Crippen LogP contribution >= 0.6 is 0 Å². The molecule has 1 rings (SSSR count). The van der Waals surface area contributed by atoms with E-state index < -0.39 is 6.04 Å². The van der Waals surface area contributed by atoms with Gasteiger partial charge in [-0.2, -0.15) is 5.26 Å². The van der Waals surface area contributed by atoms with Gasteiger partial charge in [-0.25, -0.2) is 0 Å². The number of benzene rings is 1. The molecule has 5 heteroatoms. The molecule has 0 bridgehead atoms. The zero-order valence-corrected chi connectivity index (χ0v) is 12.0. The molecule has 0 aliphatic heterocycles. The van der Waals surface area contributed by atoms with Crippen LogP contribution < -0.4 is 19.5 Å². The fourth-order valence-electron chi connectivity index (χ4n) is 1.81. The van der Waals surface area contributed by atoms with Crippen LogP contribution in [0.3, 0.4) is 0 Å². The molecular weight excluding hydrogens is 244 g/mol. The minimum absolute atomic E-state index is 0.198. The highest BCUT2D eigenvalue weighted by Crippen LogP contribution is 2.39. The maximum atomic E-state index is 9.26. The van der Waals surface area contributed by atoms with E-state index in [0.29, 0.717) is 17.2 Å². The Morgan fingerprint density at radius 2 is 1.58 bits per heavy atom. The second-order valence-electron chi connectivity index (χ2n) is 4.34. The highest BCUT2D eigenvalue weighted by Gasteiger charge is 2.18. The number of hydrogen-bond donors (Lipinski definition) is 1. The minimum Gasteiger partial charge on any atom is -0.493 e. The van der Waals surface area contributed by atoms with E-state index in [1.165, 1.54) is 0 Å². The number of nitrogens with one attached hydrogen (secondary N) is 1. The summed E-state index contributed by atoms with van der Waals surface area (Å²) in [5.74, 6) is 1.61. The van der Waals surface area contributed by atoms with Crippen LogP contribution in [0.2, 0.25) is 0 Å². The van der Waals surface area contributed by atoms with Gasteiger partial charge >= 0.3 is 0 Å². The topological polar surface area (TPSA) is 63.5 Å². The van der Waals surface area contributed by atoms with E-state index in [1.807, 2.05) is 13.8 Å². The van der Waals surface area contributed by atoms with Crippen LogP contribution in [-0.2, 0) is 0 Å². The third kappa shape index (κ3) is 3.52. The summed E-state index contributed by atoms with van der Waals surface area (Å²) in [7, 11) is 4.66. The van der Waals surface area contributed by atoms with Crippen LogP contribution in [0.15, 0.2) is 12.1 Å². The number of nitrogens with zero attached hydrogens (tertiary/aromatic N) is 1. The Balaban J connectivity index is 3.25. The van der Waals surface area contributed by atoms with Crippen LogP contribution in [0.25, 0.3) is 0 Å². The molecule has 1 aromatic carbocycles. The van der Waals surface area contributed by atoms with Crippen molar-refractivity contribution in [3.05, 3.63) is 17.7 Å². The van der Waals surface area contributed by atoms with Crippen molar-refractivity contribution in [3.63, 3.8) is 0 Å². The molecule has 0 saturated heterocycles. The maximum absolute atomic E-state index is 9.26. The first-order valence-corrected chi connectivity index (χ1v) is 6.02. The Morgan fingerprint density at radius 1 is 1.05 bits per heavy atom. The van der Waals surface area contributed by atoms with E-state index in [4.69, 9.17) is 14.2 Å². The first kappa shape index (κ1) is 15.1. The highest BCUT2D eigenvalue weighted by molar-refractivity contribution is 5.55. The summed E-state index contributed by atoms with van der Waals surface area (Å²) in [5.41, 5.74) is 0.783. The molecule has 1 atom stereocenters. The molecule has 0 saturated carbocycles. The summed E-state index contributed by atoms with van der Waals surface area (Å²) in [6.07, 6.45) is 0. The molecule has 1 unspecified atom stereocenters. The number of ether oxygens (including phenoxy) is 3. The number of hydrogen-bond acceptors (Lipinski definition) is 5. The van der Waals surface area contributed by atoms with Crippen LogP contribution in [-0.4, -0.2) is 27.4 Å². The molecule has 0 fully saturated rings. The highest BCUT2D eigenvalue weighted by atomic mass is 16.5. The van der Waals surface area contributed by atoms with E-state index in [9.17, 15) is 5.26 Å². The van der Waals surface area contributed by atoms with Crippen LogP contribution in [0, 0.1) is 11.3 Å². The Morgan fingerprint density at radius 3 is 1.89 bits per heavy atom. The molecule has 0 heterocycles. The molecular formula is C14H20N2O3. The molecule has 0 spiro atoms. The van der Waals surface area contributed by atoms with Crippen molar-refractivity contribution in [1.29, 1.82) is 5.26 Å². The molecule has 0 amide bonds. The quantitative estimate of drug-likeness (QED) is 0.854. The van der Waals surface area contributed by atoms with Gasteiger partial charge in [-0.3, -0.25) is 5.32 Å². The van der Waals surface area contributed by atoms with E-state index in [0.717, 1.165) is 5.56 Å². The normalized spacial score (nSPS) is 11.8.